The number of fused-ring (bicyclic) bond motifs is 1. The van der Waals surface area contributed by atoms with Crippen LogP contribution in [0.4, 0.5) is 0 Å². The second-order valence-corrected chi connectivity index (χ2v) is 7.65. The normalized spacial score (nSPS) is 23.5. The molecule has 27 heavy (non-hydrogen) atoms. The van der Waals surface area contributed by atoms with E-state index in [0.717, 1.165) is 67.1 Å². The lowest BCUT2D eigenvalue weighted by molar-refractivity contribution is 0.249. The Morgan fingerprint density at radius 1 is 1.30 bits per heavy atom. The SMILES string of the molecule is NC=C(C=NC1CC(CCCN)C1)c1cnc2c(C3CNC3)cccc2n1. The van der Waals surface area contributed by atoms with Gasteiger partial charge in [0.15, 0.2) is 0 Å². The van der Waals surface area contributed by atoms with Crippen molar-refractivity contribution in [2.75, 3.05) is 19.6 Å². The van der Waals surface area contributed by atoms with E-state index in [1.165, 1.54) is 12.0 Å². The summed E-state index contributed by atoms with van der Waals surface area (Å²) in [6, 6.07) is 6.63. The highest BCUT2D eigenvalue weighted by molar-refractivity contribution is 6.09. The number of nitrogens with two attached hydrogens (primary N) is 2. The summed E-state index contributed by atoms with van der Waals surface area (Å²) in [5, 5.41) is 3.32. The Morgan fingerprint density at radius 2 is 2.15 bits per heavy atom. The number of benzene rings is 1. The third-order valence-corrected chi connectivity index (χ3v) is 5.75. The van der Waals surface area contributed by atoms with E-state index in [1.807, 2.05) is 18.5 Å². The van der Waals surface area contributed by atoms with Crippen LogP contribution in [-0.4, -0.2) is 41.9 Å². The van der Waals surface area contributed by atoms with Crippen LogP contribution in [0.2, 0.25) is 0 Å². The van der Waals surface area contributed by atoms with Crippen LogP contribution >= 0.6 is 0 Å². The maximum Gasteiger partial charge on any atom is 0.0923 e. The molecule has 2 fully saturated rings. The maximum absolute atomic E-state index is 5.85. The molecule has 0 spiro atoms. The molecule has 6 nitrogen and oxygen atoms in total. The Morgan fingerprint density at radius 3 is 2.85 bits per heavy atom. The number of hydrogen-bond acceptors (Lipinski definition) is 6. The minimum Gasteiger partial charge on any atom is -0.404 e. The van der Waals surface area contributed by atoms with Gasteiger partial charge in [-0.05, 0) is 49.8 Å². The first-order valence-electron chi connectivity index (χ1n) is 9.90. The molecule has 6 heteroatoms. The van der Waals surface area contributed by atoms with E-state index in [0.29, 0.717) is 12.0 Å². The number of rotatable bonds is 7. The summed E-state index contributed by atoms with van der Waals surface area (Å²) in [5.41, 5.74) is 16.2. The van der Waals surface area contributed by atoms with Crippen LogP contribution in [0.3, 0.4) is 0 Å². The van der Waals surface area contributed by atoms with Crippen LogP contribution in [-0.2, 0) is 0 Å². The summed E-state index contributed by atoms with van der Waals surface area (Å²) < 4.78 is 0. The molecule has 0 bridgehead atoms. The largest absolute Gasteiger partial charge is 0.404 e. The third-order valence-electron chi connectivity index (χ3n) is 5.75. The molecule has 2 aromatic rings. The molecule has 5 N–H and O–H groups in total. The first kappa shape index (κ1) is 18.1. The number of para-hydroxylation sites is 1. The van der Waals surface area contributed by atoms with Crippen molar-refractivity contribution in [1.82, 2.24) is 15.3 Å². The molecule has 1 aliphatic heterocycles. The van der Waals surface area contributed by atoms with E-state index >= 15 is 0 Å². The molecular weight excluding hydrogens is 336 g/mol. The molecule has 2 heterocycles. The monoisotopic (exact) mass is 364 g/mol. The molecule has 1 aromatic carbocycles. The van der Waals surface area contributed by atoms with Gasteiger partial charge >= 0.3 is 0 Å². The highest BCUT2D eigenvalue weighted by Crippen LogP contribution is 2.33. The fourth-order valence-electron chi connectivity index (χ4n) is 3.89. The van der Waals surface area contributed by atoms with Crippen molar-refractivity contribution in [2.24, 2.45) is 22.4 Å². The van der Waals surface area contributed by atoms with Gasteiger partial charge in [-0.2, -0.15) is 0 Å². The van der Waals surface area contributed by atoms with Crippen molar-refractivity contribution in [3.05, 3.63) is 41.9 Å². The Labute approximate surface area is 160 Å². The zero-order valence-corrected chi connectivity index (χ0v) is 15.6. The summed E-state index contributed by atoms with van der Waals surface area (Å²) in [4.78, 5) is 14.2. The summed E-state index contributed by atoms with van der Waals surface area (Å²) in [6.07, 6.45) is 9.88. The number of hydrogen-bond donors (Lipinski definition) is 3. The van der Waals surface area contributed by atoms with E-state index in [4.69, 9.17) is 26.4 Å². The van der Waals surface area contributed by atoms with E-state index in [2.05, 4.69) is 17.4 Å². The third kappa shape index (κ3) is 3.87. The highest BCUT2D eigenvalue weighted by atomic mass is 15.0. The van der Waals surface area contributed by atoms with Gasteiger partial charge in [0.25, 0.3) is 0 Å². The van der Waals surface area contributed by atoms with Crippen molar-refractivity contribution >= 4 is 22.8 Å². The number of aliphatic imine (C=N–C) groups is 1. The summed E-state index contributed by atoms with van der Waals surface area (Å²) in [5.74, 6) is 1.31. The molecule has 1 aliphatic carbocycles. The highest BCUT2D eigenvalue weighted by Gasteiger charge is 2.27. The zero-order chi connectivity index (χ0) is 18.6. The Kier molecular flexibility index (Phi) is 5.45. The summed E-state index contributed by atoms with van der Waals surface area (Å²) in [7, 11) is 0. The second-order valence-electron chi connectivity index (χ2n) is 7.65. The van der Waals surface area contributed by atoms with Crippen LogP contribution in [0.1, 0.15) is 42.9 Å². The van der Waals surface area contributed by atoms with Gasteiger partial charge in [-0.1, -0.05) is 12.1 Å². The van der Waals surface area contributed by atoms with Crippen molar-refractivity contribution in [3.8, 4) is 0 Å². The number of nitrogens with one attached hydrogen (secondary N) is 1. The molecular formula is C21H28N6. The molecule has 0 radical (unpaired) electrons. The minimum absolute atomic E-state index is 0.397. The number of aromatic nitrogens is 2. The van der Waals surface area contributed by atoms with E-state index in [1.54, 1.807) is 6.20 Å². The molecule has 2 aliphatic rings. The van der Waals surface area contributed by atoms with E-state index in [-0.39, 0.29) is 0 Å². The van der Waals surface area contributed by atoms with Crippen molar-refractivity contribution < 1.29 is 0 Å². The standard InChI is InChI=1S/C21H28N6/c22-6-2-3-14-7-17(8-14)25-12-15(9-23)20-13-26-21-18(16-10-24-11-16)4-1-5-19(21)27-20/h1,4-5,9,12-14,16-17,24H,2-3,6-8,10-11,22-23H2. The summed E-state index contributed by atoms with van der Waals surface area (Å²) in [6.45, 7) is 2.80. The van der Waals surface area contributed by atoms with Crippen LogP contribution in [0.25, 0.3) is 16.6 Å². The van der Waals surface area contributed by atoms with Crippen LogP contribution in [0.15, 0.2) is 35.6 Å². The molecule has 4 rings (SSSR count). The fourth-order valence-corrected chi connectivity index (χ4v) is 3.89. The molecule has 0 unspecified atom stereocenters. The first-order chi connectivity index (χ1) is 13.3. The molecule has 142 valence electrons. The van der Waals surface area contributed by atoms with Gasteiger partial charge < -0.3 is 16.8 Å². The quantitative estimate of drug-likeness (QED) is 0.654. The van der Waals surface area contributed by atoms with Gasteiger partial charge in [-0.15, -0.1) is 0 Å². The lowest BCUT2D eigenvalue weighted by Crippen LogP contribution is -2.40. The topological polar surface area (TPSA) is 102 Å². The van der Waals surface area contributed by atoms with Crippen molar-refractivity contribution in [2.45, 2.75) is 37.6 Å². The number of allylic oxidation sites excluding steroid dienone is 1. The zero-order valence-electron chi connectivity index (χ0n) is 15.6. The summed E-state index contributed by atoms with van der Waals surface area (Å²) >= 11 is 0. The predicted molar refractivity (Wildman–Crippen MR) is 111 cm³/mol. The van der Waals surface area contributed by atoms with Crippen LogP contribution in [0.5, 0.6) is 0 Å². The van der Waals surface area contributed by atoms with Gasteiger partial charge in [-0.3, -0.25) is 9.98 Å². The van der Waals surface area contributed by atoms with E-state index < -0.39 is 0 Å². The first-order valence-corrected chi connectivity index (χ1v) is 9.90. The van der Waals surface area contributed by atoms with Crippen LogP contribution in [0, 0.1) is 5.92 Å². The molecule has 1 aromatic heterocycles. The van der Waals surface area contributed by atoms with Gasteiger partial charge in [0.05, 0.1) is 29.0 Å². The molecule has 1 saturated heterocycles. The van der Waals surface area contributed by atoms with Crippen molar-refractivity contribution in [1.29, 1.82) is 0 Å². The Bertz CT molecular complexity index is 849. The molecule has 0 amide bonds. The van der Waals surface area contributed by atoms with Gasteiger partial charge in [0.2, 0.25) is 0 Å². The Hall–Kier alpha value is -2.31. The second kappa shape index (κ2) is 8.15. The van der Waals surface area contributed by atoms with Gasteiger partial charge in [0, 0.05) is 37.0 Å². The smallest absolute Gasteiger partial charge is 0.0923 e. The maximum atomic E-state index is 5.85. The van der Waals surface area contributed by atoms with E-state index in [9.17, 15) is 0 Å². The lowest BCUT2D eigenvalue weighted by Gasteiger charge is -2.32. The molecule has 1 saturated carbocycles. The number of nitrogens with zero attached hydrogens (tertiary/aromatic N) is 3. The van der Waals surface area contributed by atoms with Gasteiger partial charge in [0.1, 0.15) is 0 Å². The van der Waals surface area contributed by atoms with Crippen molar-refractivity contribution in [3.63, 3.8) is 0 Å². The molecule has 0 atom stereocenters. The predicted octanol–water partition coefficient (Wildman–Crippen LogP) is 2.20. The van der Waals surface area contributed by atoms with Crippen LogP contribution < -0.4 is 16.8 Å². The average Bonchev–Trinajstić information content (AvgIpc) is 2.61. The average molecular weight is 364 g/mol. The lowest BCUT2D eigenvalue weighted by atomic mass is 9.78. The minimum atomic E-state index is 0.397. The fraction of sp³-hybridized carbons (Fsp3) is 0.476. The van der Waals surface area contributed by atoms with Gasteiger partial charge in [-0.25, -0.2) is 4.98 Å². The Balaban J connectivity index is 1.47.